The number of aliphatic carboxylic acids is 2. The van der Waals surface area contributed by atoms with Crippen LogP contribution in [0, 0.1) is 0 Å². The van der Waals surface area contributed by atoms with Crippen LogP contribution in [0.4, 0.5) is 0 Å². The van der Waals surface area contributed by atoms with Gasteiger partial charge in [-0.2, -0.15) is 0 Å². The molecule has 2 aromatic rings. The van der Waals surface area contributed by atoms with Gasteiger partial charge < -0.3 is 42.2 Å². The van der Waals surface area contributed by atoms with Crippen molar-refractivity contribution in [3.8, 4) is 0 Å². The molecule has 3 rings (SSSR count). The summed E-state index contributed by atoms with van der Waals surface area (Å²) in [5.41, 5.74) is 13.4. The Morgan fingerprint density at radius 3 is 2.45 bits per heavy atom. The van der Waals surface area contributed by atoms with Gasteiger partial charge in [0.2, 0.25) is 17.7 Å². The second-order valence-corrected chi connectivity index (χ2v) is 10.0. The summed E-state index contributed by atoms with van der Waals surface area (Å²) in [6.45, 7) is 0.628. The fourth-order valence-corrected chi connectivity index (χ4v) is 4.96. The highest BCUT2D eigenvalue weighted by Gasteiger charge is 2.38. The van der Waals surface area contributed by atoms with E-state index in [4.69, 9.17) is 11.5 Å². The van der Waals surface area contributed by atoms with Crippen molar-refractivity contribution in [3.05, 3.63) is 36.0 Å². The lowest BCUT2D eigenvalue weighted by atomic mass is 10.0. The number of aromatic amines is 1. The van der Waals surface area contributed by atoms with Crippen molar-refractivity contribution >= 4 is 40.6 Å². The molecule has 1 aromatic heterocycles. The van der Waals surface area contributed by atoms with Gasteiger partial charge >= 0.3 is 11.9 Å². The average molecular weight is 559 g/mol. The molecular weight excluding hydrogens is 520 g/mol. The van der Waals surface area contributed by atoms with Crippen molar-refractivity contribution in [1.29, 1.82) is 0 Å². The summed E-state index contributed by atoms with van der Waals surface area (Å²) < 4.78 is 0. The number of benzene rings is 1. The SMILES string of the molecule is NCCCCC(NC(=O)C(CCC(=O)O)NC(=O)C(N)Cc1c[nH]c2ccccc12)C(=O)N1CCCC1C(=O)O. The quantitative estimate of drug-likeness (QED) is 0.147. The molecule has 1 aliphatic rings. The molecule has 4 unspecified atom stereocenters. The van der Waals surface area contributed by atoms with E-state index in [0.717, 1.165) is 16.5 Å². The number of amides is 3. The number of nitrogens with two attached hydrogens (primary N) is 2. The molecule has 1 aromatic carbocycles. The minimum atomic E-state index is -1.27. The Balaban J connectivity index is 1.72. The first-order valence-electron chi connectivity index (χ1n) is 13.5. The summed E-state index contributed by atoms with van der Waals surface area (Å²) in [6, 6.07) is 3.20. The number of unbranched alkanes of at least 4 members (excludes halogenated alkanes) is 1. The fourth-order valence-electron chi connectivity index (χ4n) is 4.96. The number of H-pyrrole nitrogens is 1. The Kier molecular flexibility index (Phi) is 11.0. The third-order valence-corrected chi connectivity index (χ3v) is 7.11. The summed E-state index contributed by atoms with van der Waals surface area (Å²) >= 11 is 0. The molecule has 0 spiro atoms. The van der Waals surface area contributed by atoms with Crippen LogP contribution in [-0.4, -0.2) is 87.0 Å². The molecule has 1 saturated heterocycles. The van der Waals surface area contributed by atoms with Gasteiger partial charge in [0, 0.05) is 30.1 Å². The first-order valence-corrected chi connectivity index (χ1v) is 13.5. The minimum Gasteiger partial charge on any atom is -0.481 e. The summed E-state index contributed by atoms with van der Waals surface area (Å²) in [6.07, 6.45) is 3.44. The van der Waals surface area contributed by atoms with Gasteiger partial charge in [-0.15, -0.1) is 0 Å². The second-order valence-electron chi connectivity index (χ2n) is 10.0. The Morgan fingerprint density at radius 1 is 1.02 bits per heavy atom. The predicted octanol–water partition coefficient (Wildman–Crippen LogP) is 0.0767. The normalized spacial score (nSPS) is 17.2. The van der Waals surface area contributed by atoms with Crippen LogP contribution in [-0.2, 0) is 30.4 Å². The van der Waals surface area contributed by atoms with Crippen LogP contribution in [0.15, 0.2) is 30.5 Å². The van der Waals surface area contributed by atoms with Crippen molar-refractivity contribution in [2.75, 3.05) is 13.1 Å². The lowest BCUT2D eigenvalue weighted by Crippen LogP contribution is -2.57. The number of carbonyl (C=O) groups excluding carboxylic acids is 3. The van der Waals surface area contributed by atoms with Gasteiger partial charge in [0.05, 0.1) is 6.04 Å². The molecule has 13 nitrogen and oxygen atoms in total. The number of fused-ring (bicyclic) bond motifs is 1. The number of aromatic nitrogens is 1. The van der Waals surface area contributed by atoms with Gasteiger partial charge in [-0.3, -0.25) is 19.2 Å². The van der Waals surface area contributed by atoms with Gasteiger partial charge in [0.15, 0.2) is 0 Å². The van der Waals surface area contributed by atoms with E-state index >= 15 is 0 Å². The van der Waals surface area contributed by atoms with Crippen molar-refractivity contribution in [1.82, 2.24) is 20.5 Å². The van der Waals surface area contributed by atoms with Gasteiger partial charge in [0.25, 0.3) is 0 Å². The topological polar surface area (TPSA) is 221 Å². The summed E-state index contributed by atoms with van der Waals surface area (Å²) in [7, 11) is 0. The number of rotatable bonds is 15. The van der Waals surface area contributed by atoms with Crippen LogP contribution in [0.25, 0.3) is 10.9 Å². The van der Waals surface area contributed by atoms with Gasteiger partial charge in [-0.25, -0.2) is 4.79 Å². The molecule has 1 fully saturated rings. The molecule has 9 N–H and O–H groups in total. The van der Waals surface area contributed by atoms with E-state index in [-0.39, 0.29) is 25.8 Å². The second kappa shape index (κ2) is 14.4. The molecule has 3 amide bonds. The van der Waals surface area contributed by atoms with E-state index in [1.165, 1.54) is 4.90 Å². The van der Waals surface area contributed by atoms with E-state index in [1.54, 1.807) is 6.20 Å². The molecule has 0 saturated carbocycles. The number of likely N-dealkylation sites (tertiary alicyclic amines) is 1. The van der Waals surface area contributed by atoms with Gasteiger partial charge in [-0.1, -0.05) is 18.2 Å². The lowest BCUT2D eigenvalue weighted by molar-refractivity contribution is -0.149. The standard InChI is InChI=1S/C27H38N6O7/c28-12-4-3-8-21(26(38)33-13-5-9-22(33)27(39)40)32-25(37)20(10-11-23(34)35)31-24(36)18(29)14-16-15-30-19-7-2-1-6-17(16)19/h1-2,6-7,15,18,20-22,30H,3-5,8-14,28-29H2,(H,31,36)(H,32,37)(H,34,35)(H,39,40). The molecule has 40 heavy (non-hydrogen) atoms. The van der Waals surface area contributed by atoms with Crippen molar-refractivity contribution < 1.29 is 34.2 Å². The highest BCUT2D eigenvalue weighted by molar-refractivity contribution is 5.94. The summed E-state index contributed by atoms with van der Waals surface area (Å²) in [5, 5.41) is 24.8. The zero-order valence-corrected chi connectivity index (χ0v) is 22.3. The highest BCUT2D eigenvalue weighted by atomic mass is 16.4. The monoisotopic (exact) mass is 558 g/mol. The van der Waals surface area contributed by atoms with Crippen LogP contribution >= 0.6 is 0 Å². The van der Waals surface area contributed by atoms with Crippen LogP contribution in [0.2, 0.25) is 0 Å². The third-order valence-electron chi connectivity index (χ3n) is 7.11. The third kappa shape index (κ3) is 8.02. The number of hydrogen-bond donors (Lipinski definition) is 7. The zero-order valence-electron chi connectivity index (χ0n) is 22.3. The van der Waals surface area contributed by atoms with Crippen LogP contribution in [0.1, 0.15) is 50.5 Å². The number of carboxylic acid groups (broad SMARTS) is 2. The average Bonchev–Trinajstić information content (AvgIpc) is 3.58. The number of para-hydroxylation sites is 1. The fraction of sp³-hybridized carbons (Fsp3) is 0.519. The van der Waals surface area contributed by atoms with Crippen LogP contribution < -0.4 is 22.1 Å². The molecule has 218 valence electrons. The first-order chi connectivity index (χ1) is 19.1. The summed E-state index contributed by atoms with van der Waals surface area (Å²) in [5.74, 6) is -4.20. The van der Waals surface area contributed by atoms with E-state index in [2.05, 4.69) is 15.6 Å². The molecule has 4 atom stereocenters. The number of carboxylic acids is 2. The van der Waals surface area contributed by atoms with Crippen molar-refractivity contribution in [2.24, 2.45) is 11.5 Å². The van der Waals surface area contributed by atoms with Crippen LogP contribution in [0.5, 0.6) is 0 Å². The Labute approximate surface area is 231 Å². The summed E-state index contributed by atoms with van der Waals surface area (Å²) in [4.78, 5) is 66.9. The maximum atomic E-state index is 13.3. The number of nitrogens with one attached hydrogen (secondary N) is 3. The van der Waals surface area contributed by atoms with E-state index in [1.807, 2.05) is 24.3 Å². The Hall–Kier alpha value is -3.97. The van der Waals surface area contributed by atoms with E-state index in [9.17, 15) is 34.2 Å². The van der Waals surface area contributed by atoms with E-state index < -0.39 is 60.2 Å². The molecule has 2 heterocycles. The first kappa shape index (κ1) is 30.6. The van der Waals surface area contributed by atoms with Crippen molar-refractivity contribution in [3.63, 3.8) is 0 Å². The Morgan fingerprint density at radius 2 is 1.75 bits per heavy atom. The molecule has 1 aliphatic heterocycles. The predicted molar refractivity (Wildman–Crippen MR) is 146 cm³/mol. The Bertz CT molecular complexity index is 1210. The molecule has 0 bridgehead atoms. The van der Waals surface area contributed by atoms with Crippen LogP contribution in [0.3, 0.4) is 0 Å². The number of carbonyl (C=O) groups is 5. The van der Waals surface area contributed by atoms with Crippen molar-refractivity contribution in [2.45, 2.75) is 75.5 Å². The zero-order chi connectivity index (χ0) is 29.2. The minimum absolute atomic E-state index is 0.175. The lowest BCUT2D eigenvalue weighted by Gasteiger charge is -2.29. The maximum Gasteiger partial charge on any atom is 0.326 e. The molecule has 13 heteroatoms. The number of hydrogen-bond acceptors (Lipinski definition) is 7. The molecule has 0 radical (unpaired) electrons. The van der Waals surface area contributed by atoms with Gasteiger partial charge in [-0.05, 0) is 63.1 Å². The smallest absolute Gasteiger partial charge is 0.326 e. The molecular formula is C27H38N6O7. The molecule has 0 aliphatic carbocycles. The largest absolute Gasteiger partial charge is 0.481 e. The van der Waals surface area contributed by atoms with Gasteiger partial charge in [0.1, 0.15) is 18.1 Å². The number of nitrogens with zero attached hydrogens (tertiary/aromatic N) is 1. The van der Waals surface area contributed by atoms with E-state index in [0.29, 0.717) is 32.2 Å². The maximum absolute atomic E-state index is 13.3. The highest BCUT2D eigenvalue weighted by Crippen LogP contribution is 2.21.